The SMILES string of the molecule is C[C@H](C(=O)OC[C@@H]1CCCO1)N(C)CC(F)(F)F. The van der Waals surface area contributed by atoms with Crippen LogP contribution in [0.1, 0.15) is 19.8 Å². The van der Waals surface area contributed by atoms with Gasteiger partial charge >= 0.3 is 12.1 Å². The van der Waals surface area contributed by atoms with Gasteiger partial charge in [-0.05, 0) is 26.8 Å². The van der Waals surface area contributed by atoms with Gasteiger partial charge in [-0.15, -0.1) is 0 Å². The summed E-state index contributed by atoms with van der Waals surface area (Å²) in [5, 5.41) is 0. The predicted octanol–water partition coefficient (Wildman–Crippen LogP) is 1.59. The minimum Gasteiger partial charge on any atom is -0.462 e. The smallest absolute Gasteiger partial charge is 0.401 e. The maximum atomic E-state index is 12.1. The lowest BCUT2D eigenvalue weighted by Crippen LogP contribution is -2.43. The lowest BCUT2D eigenvalue weighted by Gasteiger charge is -2.24. The normalized spacial score (nSPS) is 22.2. The zero-order valence-corrected chi connectivity index (χ0v) is 10.5. The summed E-state index contributed by atoms with van der Waals surface area (Å²) in [4.78, 5) is 12.5. The third kappa shape index (κ3) is 5.22. The Balaban J connectivity index is 2.31. The van der Waals surface area contributed by atoms with Gasteiger partial charge in [-0.3, -0.25) is 9.69 Å². The molecule has 0 bridgehead atoms. The van der Waals surface area contributed by atoms with E-state index in [1.165, 1.54) is 14.0 Å². The number of hydrogen-bond acceptors (Lipinski definition) is 4. The second kappa shape index (κ2) is 6.38. The van der Waals surface area contributed by atoms with E-state index in [1.54, 1.807) is 0 Å². The van der Waals surface area contributed by atoms with Crippen molar-refractivity contribution in [3.8, 4) is 0 Å². The Hall–Kier alpha value is -0.820. The summed E-state index contributed by atoms with van der Waals surface area (Å²) < 4.78 is 46.6. The zero-order valence-electron chi connectivity index (χ0n) is 10.5. The Kier molecular flexibility index (Phi) is 5.40. The van der Waals surface area contributed by atoms with Crippen molar-refractivity contribution in [2.24, 2.45) is 0 Å². The van der Waals surface area contributed by atoms with Gasteiger partial charge in [-0.1, -0.05) is 0 Å². The predicted molar refractivity (Wildman–Crippen MR) is 58.1 cm³/mol. The van der Waals surface area contributed by atoms with E-state index in [4.69, 9.17) is 9.47 Å². The molecule has 1 aliphatic rings. The second-order valence-electron chi connectivity index (χ2n) is 4.47. The van der Waals surface area contributed by atoms with Crippen LogP contribution in [0.4, 0.5) is 13.2 Å². The van der Waals surface area contributed by atoms with Crippen molar-refractivity contribution in [3.05, 3.63) is 0 Å². The maximum absolute atomic E-state index is 12.1. The van der Waals surface area contributed by atoms with Gasteiger partial charge in [0.15, 0.2) is 0 Å². The molecule has 7 heteroatoms. The number of alkyl halides is 3. The van der Waals surface area contributed by atoms with Gasteiger partial charge in [0.1, 0.15) is 12.6 Å². The standard InChI is InChI=1S/C11H18F3NO3/c1-8(15(2)7-11(12,13)14)10(16)18-6-9-4-3-5-17-9/h8-9H,3-7H2,1-2H3/t8-,9+/m1/s1. The first-order valence-electron chi connectivity index (χ1n) is 5.85. The highest BCUT2D eigenvalue weighted by atomic mass is 19.4. The van der Waals surface area contributed by atoms with Crippen LogP contribution in [0.15, 0.2) is 0 Å². The van der Waals surface area contributed by atoms with Gasteiger partial charge < -0.3 is 9.47 Å². The van der Waals surface area contributed by atoms with E-state index in [9.17, 15) is 18.0 Å². The monoisotopic (exact) mass is 269 g/mol. The summed E-state index contributed by atoms with van der Waals surface area (Å²) in [7, 11) is 1.24. The first-order valence-corrected chi connectivity index (χ1v) is 5.85. The molecular weight excluding hydrogens is 251 g/mol. The number of rotatable bonds is 5. The van der Waals surface area contributed by atoms with Gasteiger partial charge in [0.25, 0.3) is 0 Å². The van der Waals surface area contributed by atoms with Crippen LogP contribution in [-0.4, -0.2) is 56.0 Å². The van der Waals surface area contributed by atoms with Crippen LogP contribution in [0.25, 0.3) is 0 Å². The number of carbonyl (C=O) groups excluding carboxylic acids is 1. The fraction of sp³-hybridized carbons (Fsp3) is 0.909. The number of ether oxygens (including phenoxy) is 2. The Morgan fingerprint density at radius 3 is 2.72 bits per heavy atom. The van der Waals surface area contributed by atoms with Crippen LogP contribution in [0.3, 0.4) is 0 Å². The Morgan fingerprint density at radius 1 is 1.56 bits per heavy atom. The average Bonchev–Trinajstić information content (AvgIpc) is 2.75. The number of hydrogen-bond donors (Lipinski definition) is 0. The summed E-state index contributed by atoms with van der Waals surface area (Å²) in [5.41, 5.74) is 0. The molecule has 0 aromatic carbocycles. The Bertz CT molecular complexity index is 277. The molecule has 0 spiro atoms. The molecule has 0 amide bonds. The fourth-order valence-electron chi connectivity index (χ4n) is 1.67. The molecule has 0 N–H and O–H groups in total. The molecule has 18 heavy (non-hydrogen) atoms. The molecule has 1 heterocycles. The highest BCUT2D eigenvalue weighted by Gasteiger charge is 2.33. The Morgan fingerprint density at radius 2 is 2.22 bits per heavy atom. The first-order chi connectivity index (χ1) is 8.29. The largest absolute Gasteiger partial charge is 0.462 e. The quantitative estimate of drug-likeness (QED) is 0.710. The van der Waals surface area contributed by atoms with E-state index in [1.807, 2.05) is 0 Å². The molecule has 1 aliphatic heterocycles. The van der Waals surface area contributed by atoms with Gasteiger partial charge in [-0.2, -0.15) is 13.2 Å². The van der Waals surface area contributed by atoms with Crippen LogP contribution < -0.4 is 0 Å². The van der Waals surface area contributed by atoms with E-state index >= 15 is 0 Å². The molecule has 1 rings (SSSR count). The number of halogens is 3. The fourth-order valence-corrected chi connectivity index (χ4v) is 1.67. The average molecular weight is 269 g/mol. The van der Waals surface area contributed by atoms with Crippen molar-refractivity contribution in [2.45, 2.75) is 38.1 Å². The zero-order chi connectivity index (χ0) is 13.8. The minimum atomic E-state index is -4.32. The van der Waals surface area contributed by atoms with Crippen LogP contribution in [-0.2, 0) is 14.3 Å². The molecule has 1 saturated heterocycles. The van der Waals surface area contributed by atoms with Crippen LogP contribution in [0, 0.1) is 0 Å². The molecule has 2 atom stereocenters. The summed E-state index contributed by atoms with van der Waals surface area (Å²) in [6.07, 6.45) is -2.70. The lowest BCUT2D eigenvalue weighted by atomic mass is 10.2. The topological polar surface area (TPSA) is 38.8 Å². The summed E-state index contributed by atoms with van der Waals surface area (Å²) >= 11 is 0. The van der Waals surface area contributed by atoms with Crippen LogP contribution in [0.5, 0.6) is 0 Å². The van der Waals surface area contributed by atoms with Crippen LogP contribution in [0.2, 0.25) is 0 Å². The molecule has 106 valence electrons. The molecule has 0 aromatic rings. The lowest BCUT2D eigenvalue weighted by molar-refractivity contribution is -0.163. The van der Waals surface area contributed by atoms with Crippen molar-refractivity contribution >= 4 is 5.97 Å². The summed E-state index contributed by atoms with van der Waals surface area (Å²) in [5.74, 6) is -0.655. The van der Waals surface area contributed by atoms with Gasteiger partial charge in [0, 0.05) is 6.61 Å². The first kappa shape index (κ1) is 15.2. The molecular formula is C11H18F3NO3. The summed E-state index contributed by atoms with van der Waals surface area (Å²) in [6.45, 7) is 1.02. The molecule has 0 saturated carbocycles. The molecule has 0 aromatic heterocycles. The molecule has 0 radical (unpaired) electrons. The third-order valence-corrected chi connectivity index (χ3v) is 2.87. The molecule has 0 unspecified atom stereocenters. The van der Waals surface area contributed by atoms with Crippen molar-refractivity contribution in [3.63, 3.8) is 0 Å². The Labute approximate surface area is 104 Å². The minimum absolute atomic E-state index is 0.114. The maximum Gasteiger partial charge on any atom is 0.401 e. The molecule has 0 aliphatic carbocycles. The number of esters is 1. The number of nitrogens with zero attached hydrogens (tertiary/aromatic N) is 1. The molecule has 1 fully saturated rings. The second-order valence-corrected chi connectivity index (χ2v) is 4.47. The van der Waals surface area contributed by atoms with Gasteiger partial charge in [0.05, 0.1) is 12.6 Å². The summed E-state index contributed by atoms with van der Waals surface area (Å²) in [6, 6.07) is -0.923. The highest BCUT2D eigenvalue weighted by Crippen LogP contribution is 2.17. The molecule has 4 nitrogen and oxygen atoms in total. The number of likely N-dealkylation sites (N-methyl/N-ethyl adjacent to an activating group) is 1. The number of carbonyl (C=O) groups is 1. The van der Waals surface area contributed by atoms with E-state index < -0.39 is 24.7 Å². The van der Waals surface area contributed by atoms with Crippen molar-refractivity contribution < 1.29 is 27.4 Å². The van der Waals surface area contributed by atoms with Gasteiger partial charge in [-0.25, -0.2) is 0 Å². The van der Waals surface area contributed by atoms with E-state index in [-0.39, 0.29) is 12.7 Å². The highest BCUT2D eigenvalue weighted by molar-refractivity contribution is 5.75. The van der Waals surface area contributed by atoms with E-state index in [2.05, 4.69) is 0 Å². The van der Waals surface area contributed by atoms with Crippen molar-refractivity contribution in [1.29, 1.82) is 0 Å². The van der Waals surface area contributed by atoms with E-state index in [0.29, 0.717) is 6.61 Å². The van der Waals surface area contributed by atoms with Gasteiger partial charge in [0.2, 0.25) is 0 Å². The third-order valence-electron chi connectivity index (χ3n) is 2.87. The van der Waals surface area contributed by atoms with Crippen molar-refractivity contribution in [2.75, 3.05) is 26.8 Å². The van der Waals surface area contributed by atoms with E-state index in [0.717, 1.165) is 17.7 Å². The van der Waals surface area contributed by atoms with Crippen LogP contribution >= 0.6 is 0 Å². The van der Waals surface area contributed by atoms with Crippen molar-refractivity contribution in [1.82, 2.24) is 4.90 Å².